The Labute approximate surface area is 98.7 Å². The van der Waals surface area contributed by atoms with Gasteiger partial charge in [0, 0.05) is 11.6 Å². The van der Waals surface area contributed by atoms with E-state index < -0.39 is 18.0 Å². The first kappa shape index (κ1) is 13.0. The molecule has 0 spiro atoms. The van der Waals surface area contributed by atoms with E-state index in [4.69, 9.17) is 17.2 Å². The second-order valence-corrected chi connectivity index (χ2v) is 3.62. The third kappa shape index (κ3) is 4.12. The molecular formula is C11H15N3O3. The summed E-state index contributed by atoms with van der Waals surface area (Å²) < 4.78 is 4.57. The fourth-order valence-corrected chi connectivity index (χ4v) is 1.47. The number of rotatable bonds is 5. The van der Waals surface area contributed by atoms with Gasteiger partial charge in [0.15, 0.2) is 0 Å². The van der Waals surface area contributed by atoms with Gasteiger partial charge in [-0.2, -0.15) is 0 Å². The molecule has 6 heteroatoms. The molecule has 0 aromatic heterocycles. The Bertz CT molecular complexity index is 420. The van der Waals surface area contributed by atoms with Crippen LogP contribution in [0.15, 0.2) is 24.3 Å². The van der Waals surface area contributed by atoms with Gasteiger partial charge in [-0.3, -0.25) is 4.79 Å². The van der Waals surface area contributed by atoms with E-state index in [1.807, 2.05) is 0 Å². The highest BCUT2D eigenvalue weighted by Crippen LogP contribution is 2.10. The average Bonchev–Trinajstić information content (AvgIpc) is 2.27. The van der Waals surface area contributed by atoms with Crippen LogP contribution in [0.5, 0.6) is 0 Å². The van der Waals surface area contributed by atoms with Gasteiger partial charge in [0.1, 0.15) is 6.61 Å². The number of hydrogen-bond acceptors (Lipinski definition) is 4. The predicted octanol–water partition coefficient (Wildman–Crippen LogP) is -0.249. The summed E-state index contributed by atoms with van der Waals surface area (Å²) in [4.78, 5) is 21.5. The predicted molar refractivity (Wildman–Crippen MR) is 62.2 cm³/mol. The van der Waals surface area contributed by atoms with Crippen molar-refractivity contribution in [3.05, 3.63) is 35.4 Å². The van der Waals surface area contributed by atoms with E-state index in [-0.39, 0.29) is 6.61 Å². The van der Waals surface area contributed by atoms with Gasteiger partial charge in [-0.25, -0.2) is 4.79 Å². The van der Waals surface area contributed by atoms with Gasteiger partial charge in [-0.1, -0.05) is 18.2 Å². The molecular weight excluding hydrogens is 222 g/mol. The molecule has 0 fully saturated rings. The van der Waals surface area contributed by atoms with Crippen LogP contribution < -0.4 is 17.2 Å². The highest BCUT2D eigenvalue weighted by molar-refractivity contribution is 5.94. The Morgan fingerprint density at radius 1 is 1.24 bits per heavy atom. The number of primary amides is 2. The Balaban J connectivity index is 2.67. The molecule has 17 heavy (non-hydrogen) atoms. The van der Waals surface area contributed by atoms with Crippen LogP contribution in [0.1, 0.15) is 15.9 Å². The lowest BCUT2D eigenvalue weighted by Crippen LogP contribution is -2.32. The van der Waals surface area contributed by atoms with Crippen molar-refractivity contribution in [2.24, 2.45) is 17.2 Å². The number of ether oxygens (including phenoxy) is 1. The third-order valence-electron chi connectivity index (χ3n) is 2.20. The van der Waals surface area contributed by atoms with Crippen molar-refractivity contribution in [2.75, 3.05) is 6.61 Å². The molecule has 0 aliphatic rings. The van der Waals surface area contributed by atoms with Gasteiger partial charge in [-0.05, 0) is 18.1 Å². The van der Waals surface area contributed by atoms with Crippen molar-refractivity contribution in [2.45, 2.75) is 12.5 Å². The molecule has 1 atom stereocenters. The quantitative estimate of drug-likeness (QED) is 0.653. The maximum atomic E-state index is 11.1. The minimum absolute atomic E-state index is 0.00241. The summed E-state index contributed by atoms with van der Waals surface area (Å²) in [5.41, 5.74) is 16.9. The lowest BCUT2D eigenvalue weighted by Gasteiger charge is -2.13. The average molecular weight is 237 g/mol. The number of carbonyl (C=O) groups is 2. The van der Waals surface area contributed by atoms with Crippen molar-refractivity contribution in [1.29, 1.82) is 0 Å². The highest BCUT2D eigenvalue weighted by atomic mass is 16.5. The summed E-state index contributed by atoms with van der Waals surface area (Å²) >= 11 is 0. The number of carbonyl (C=O) groups excluding carboxylic acids is 2. The molecule has 0 aliphatic carbocycles. The molecule has 1 aromatic carbocycles. The molecule has 0 radical (unpaired) electrons. The Morgan fingerprint density at radius 3 is 2.47 bits per heavy atom. The van der Waals surface area contributed by atoms with Crippen molar-refractivity contribution in [1.82, 2.24) is 0 Å². The number of benzene rings is 1. The second-order valence-electron chi connectivity index (χ2n) is 3.62. The zero-order valence-electron chi connectivity index (χ0n) is 9.26. The third-order valence-corrected chi connectivity index (χ3v) is 2.20. The molecule has 1 rings (SSSR count). The van der Waals surface area contributed by atoms with Crippen LogP contribution in [0, 0.1) is 0 Å². The fourth-order valence-electron chi connectivity index (χ4n) is 1.47. The van der Waals surface area contributed by atoms with E-state index in [9.17, 15) is 9.59 Å². The van der Waals surface area contributed by atoms with Gasteiger partial charge in [0.25, 0.3) is 0 Å². The normalized spacial score (nSPS) is 11.8. The van der Waals surface area contributed by atoms with Gasteiger partial charge in [0.2, 0.25) is 5.91 Å². The molecule has 0 heterocycles. The Hall–Kier alpha value is -2.08. The number of nitrogens with two attached hydrogens (primary N) is 3. The summed E-state index contributed by atoms with van der Waals surface area (Å²) in [5.74, 6) is -0.511. The van der Waals surface area contributed by atoms with Crippen molar-refractivity contribution in [3.8, 4) is 0 Å². The minimum atomic E-state index is -0.872. The molecule has 2 amide bonds. The lowest BCUT2D eigenvalue weighted by atomic mass is 10.0. The topological polar surface area (TPSA) is 121 Å². The second kappa shape index (κ2) is 5.86. The van der Waals surface area contributed by atoms with Crippen molar-refractivity contribution >= 4 is 12.0 Å². The maximum absolute atomic E-state index is 11.1. The molecule has 0 bridgehead atoms. The van der Waals surface area contributed by atoms with Gasteiger partial charge in [0.05, 0.1) is 0 Å². The van der Waals surface area contributed by atoms with Gasteiger partial charge in [-0.15, -0.1) is 0 Å². The fraction of sp³-hybridized carbons (Fsp3) is 0.273. The van der Waals surface area contributed by atoms with Gasteiger partial charge < -0.3 is 21.9 Å². The van der Waals surface area contributed by atoms with E-state index in [0.29, 0.717) is 12.0 Å². The van der Waals surface area contributed by atoms with Crippen LogP contribution in [-0.4, -0.2) is 24.6 Å². The van der Waals surface area contributed by atoms with Crippen molar-refractivity contribution in [3.63, 3.8) is 0 Å². The Kier molecular flexibility index (Phi) is 4.47. The number of hydrogen-bond donors (Lipinski definition) is 3. The molecule has 0 saturated heterocycles. The van der Waals surface area contributed by atoms with Crippen LogP contribution in [0.2, 0.25) is 0 Å². The van der Waals surface area contributed by atoms with E-state index in [1.54, 1.807) is 24.3 Å². The molecule has 6 nitrogen and oxygen atoms in total. The molecule has 0 unspecified atom stereocenters. The smallest absolute Gasteiger partial charge is 0.404 e. The van der Waals surface area contributed by atoms with Crippen LogP contribution in [0.3, 0.4) is 0 Å². The number of amides is 2. The largest absolute Gasteiger partial charge is 0.448 e. The zero-order valence-corrected chi connectivity index (χ0v) is 9.26. The van der Waals surface area contributed by atoms with Crippen molar-refractivity contribution < 1.29 is 14.3 Å². The molecule has 6 N–H and O–H groups in total. The van der Waals surface area contributed by atoms with Crippen LogP contribution >= 0.6 is 0 Å². The van der Waals surface area contributed by atoms with E-state index in [1.165, 1.54) is 0 Å². The SMILES string of the molecule is NC(=O)OC[C@@H](N)Cc1ccccc1C(N)=O. The lowest BCUT2D eigenvalue weighted by molar-refractivity contribution is 0.0998. The summed E-state index contributed by atoms with van der Waals surface area (Å²) in [6.45, 7) is 0.00241. The Morgan fingerprint density at radius 2 is 1.88 bits per heavy atom. The summed E-state index contributed by atoms with van der Waals surface area (Å²) in [6.07, 6.45) is -0.490. The van der Waals surface area contributed by atoms with Crippen LogP contribution in [-0.2, 0) is 11.2 Å². The summed E-state index contributed by atoms with van der Waals surface area (Å²) in [5, 5.41) is 0. The summed E-state index contributed by atoms with van der Waals surface area (Å²) in [7, 11) is 0. The van der Waals surface area contributed by atoms with Gasteiger partial charge >= 0.3 is 6.09 Å². The molecule has 0 aliphatic heterocycles. The first-order chi connectivity index (χ1) is 8.00. The minimum Gasteiger partial charge on any atom is -0.448 e. The van der Waals surface area contributed by atoms with Crippen LogP contribution in [0.25, 0.3) is 0 Å². The first-order valence-corrected chi connectivity index (χ1v) is 5.06. The standard InChI is InChI=1S/C11H15N3O3/c12-8(6-17-11(14)16)5-7-3-1-2-4-9(7)10(13)15/h1-4,8H,5-6,12H2,(H2,13,15)(H2,14,16)/t8-/m0/s1. The van der Waals surface area contributed by atoms with E-state index in [0.717, 1.165) is 5.56 Å². The first-order valence-electron chi connectivity index (χ1n) is 5.06. The summed E-state index contributed by atoms with van der Waals surface area (Å²) in [6, 6.07) is 6.45. The molecule has 0 saturated carbocycles. The van der Waals surface area contributed by atoms with Crippen LogP contribution in [0.4, 0.5) is 4.79 Å². The molecule has 92 valence electrons. The van der Waals surface area contributed by atoms with E-state index in [2.05, 4.69) is 4.74 Å². The highest BCUT2D eigenvalue weighted by Gasteiger charge is 2.12. The van der Waals surface area contributed by atoms with E-state index >= 15 is 0 Å². The zero-order chi connectivity index (χ0) is 12.8. The molecule has 1 aromatic rings. The maximum Gasteiger partial charge on any atom is 0.404 e. The monoisotopic (exact) mass is 237 g/mol.